The Morgan fingerprint density at radius 1 is 1.39 bits per heavy atom. The zero-order valence-electron chi connectivity index (χ0n) is 10.9. The molecule has 2 N–H and O–H groups in total. The maximum atomic E-state index is 11.7. The predicted octanol–water partition coefficient (Wildman–Crippen LogP) is 0.603. The number of nitrogens with zero attached hydrogens (tertiary/aromatic N) is 1. The average molecular weight is 269 g/mol. The number of hydrogen-bond acceptors (Lipinski definition) is 4. The Morgan fingerprint density at radius 3 is 2.61 bits per heavy atom. The van der Waals surface area contributed by atoms with Crippen LogP contribution < -0.4 is 10.6 Å². The number of nitrogens with one attached hydrogen (secondary N) is 2. The molecule has 6 heteroatoms. The van der Waals surface area contributed by atoms with Crippen LogP contribution in [-0.4, -0.2) is 43.9 Å². The number of thiophene rings is 1. The lowest BCUT2D eigenvalue weighted by Crippen LogP contribution is -2.40. The maximum Gasteiger partial charge on any atom is 0.234 e. The fraction of sp³-hybridized carbons (Fsp3) is 0.500. The highest BCUT2D eigenvalue weighted by atomic mass is 32.1. The molecule has 1 atom stereocenters. The van der Waals surface area contributed by atoms with E-state index in [0.717, 1.165) is 4.88 Å². The molecule has 0 bridgehead atoms. The normalized spacial score (nSPS) is 12.2. The van der Waals surface area contributed by atoms with Crippen LogP contribution in [0.4, 0.5) is 0 Å². The van der Waals surface area contributed by atoms with Gasteiger partial charge in [-0.1, -0.05) is 6.07 Å². The summed E-state index contributed by atoms with van der Waals surface area (Å²) in [7, 11) is 3.32. The van der Waals surface area contributed by atoms with Crippen molar-refractivity contribution in [3.63, 3.8) is 0 Å². The van der Waals surface area contributed by atoms with Crippen LogP contribution in [0.2, 0.25) is 0 Å². The molecule has 0 saturated carbocycles. The molecule has 0 fully saturated rings. The van der Waals surface area contributed by atoms with Gasteiger partial charge < -0.3 is 10.6 Å². The van der Waals surface area contributed by atoms with E-state index < -0.39 is 0 Å². The van der Waals surface area contributed by atoms with Crippen LogP contribution in [0.3, 0.4) is 0 Å². The third kappa shape index (κ3) is 4.85. The number of amides is 2. The summed E-state index contributed by atoms with van der Waals surface area (Å²) in [6, 6.07) is 3.95. The highest BCUT2D eigenvalue weighted by molar-refractivity contribution is 7.10. The van der Waals surface area contributed by atoms with E-state index >= 15 is 0 Å². The van der Waals surface area contributed by atoms with E-state index in [-0.39, 0.29) is 30.9 Å². The first-order valence-corrected chi connectivity index (χ1v) is 6.62. The van der Waals surface area contributed by atoms with Crippen molar-refractivity contribution < 1.29 is 9.59 Å². The second-order valence-electron chi connectivity index (χ2n) is 4.15. The molecule has 1 rings (SSSR count). The summed E-state index contributed by atoms with van der Waals surface area (Å²) in [4.78, 5) is 25.7. The van der Waals surface area contributed by atoms with Crippen molar-refractivity contribution in [2.45, 2.75) is 13.0 Å². The SMILES string of the molecule is CNC(=O)CN(C)CC(=O)NC(C)c1cccs1. The fourth-order valence-electron chi connectivity index (χ4n) is 1.52. The lowest BCUT2D eigenvalue weighted by Gasteiger charge is -2.17. The van der Waals surface area contributed by atoms with Gasteiger partial charge in [-0.05, 0) is 25.4 Å². The molecule has 1 aromatic rings. The van der Waals surface area contributed by atoms with Crippen LogP contribution >= 0.6 is 11.3 Å². The molecule has 0 aliphatic rings. The van der Waals surface area contributed by atoms with Crippen LogP contribution in [0, 0.1) is 0 Å². The molecule has 5 nitrogen and oxygen atoms in total. The zero-order chi connectivity index (χ0) is 13.5. The summed E-state index contributed by atoms with van der Waals surface area (Å²) >= 11 is 1.61. The Bertz CT molecular complexity index is 392. The van der Waals surface area contributed by atoms with Crippen molar-refractivity contribution in [1.29, 1.82) is 0 Å². The van der Waals surface area contributed by atoms with E-state index in [0.29, 0.717) is 0 Å². The van der Waals surface area contributed by atoms with Crippen molar-refractivity contribution in [3.8, 4) is 0 Å². The van der Waals surface area contributed by atoms with Crippen molar-refractivity contribution in [3.05, 3.63) is 22.4 Å². The summed E-state index contributed by atoms with van der Waals surface area (Å²) in [6.07, 6.45) is 0. The Labute approximate surface area is 111 Å². The molecular weight excluding hydrogens is 250 g/mol. The van der Waals surface area contributed by atoms with Gasteiger partial charge in [-0.2, -0.15) is 0 Å². The molecule has 18 heavy (non-hydrogen) atoms. The van der Waals surface area contributed by atoms with Gasteiger partial charge in [-0.25, -0.2) is 0 Å². The molecule has 1 aromatic heterocycles. The van der Waals surface area contributed by atoms with E-state index in [1.165, 1.54) is 0 Å². The van der Waals surface area contributed by atoms with E-state index in [1.54, 1.807) is 30.3 Å². The van der Waals surface area contributed by atoms with Crippen molar-refractivity contribution in [2.75, 3.05) is 27.2 Å². The Kier molecular flexibility index (Phi) is 5.80. The Hall–Kier alpha value is -1.40. The quantitative estimate of drug-likeness (QED) is 0.795. The largest absolute Gasteiger partial charge is 0.358 e. The zero-order valence-corrected chi connectivity index (χ0v) is 11.7. The second kappa shape index (κ2) is 7.13. The first kappa shape index (κ1) is 14.7. The second-order valence-corrected chi connectivity index (χ2v) is 5.13. The maximum absolute atomic E-state index is 11.7. The number of carbonyl (C=O) groups excluding carboxylic acids is 2. The number of hydrogen-bond donors (Lipinski definition) is 2. The molecule has 0 aromatic carbocycles. The van der Waals surface area contributed by atoms with Gasteiger partial charge in [-0.15, -0.1) is 11.3 Å². The standard InChI is InChI=1S/C12H19N3O2S/c1-9(10-5-4-6-18-10)14-12(17)8-15(3)7-11(16)13-2/h4-6,9H,7-8H2,1-3H3,(H,13,16)(H,14,17). The number of likely N-dealkylation sites (N-methyl/N-ethyl adjacent to an activating group) is 2. The summed E-state index contributed by atoms with van der Waals surface area (Å²) < 4.78 is 0. The highest BCUT2D eigenvalue weighted by Gasteiger charge is 2.13. The van der Waals surface area contributed by atoms with E-state index in [9.17, 15) is 9.59 Å². The molecule has 0 saturated heterocycles. The lowest BCUT2D eigenvalue weighted by molar-refractivity contribution is -0.124. The van der Waals surface area contributed by atoms with Gasteiger partial charge in [0.15, 0.2) is 0 Å². The van der Waals surface area contributed by atoms with Gasteiger partial charge >= 0.3 is 0 Å². The monoisotopic (exact) mass is 269 g/mol. The minimum Gasteiger partial charge on any atom is -0.358 e. The number of carbonyl (C=O) groups is 2. The van der Waals surface area contributed by atoms with Gasteiger partial charge in [0.2, 0.25) is 11.8 Å². The first-order chi connectivity index (χ1) is 8.52. The van der Waals surface area contributed by atoms with Gasteiger partial charge in [0.25, 0.3) is 0 Å². The van der Waals surface area contributed by atoms with Crippen LogP contribution in [0.1, 0.15) is 17.8 Å². The molecule has 1 heterocycles. The molecule has 0 spiro atoms. The minimum absolute atomic E-state index is 0.00546. The van der Waals surface area contributed by atoms with Gasteiger partial charge in [0.05, 0.1) is 19.1 Å². The summed E-state index contributed by atoms with van der Waals surface area (Å²) in [5.74, 6) is -0.182. The third-order valence-electron chi connectivity index (χ3n) is 2.45. The molecule has 100 valence electrons. The van der Waals surface area contributed by atoms with Crippen LogP contribution in [0.15, 0.2) is 17.5 Å². The third-order valence-corrected chi connectivity index (χ3v) is 3.51. The summed E-state index contributed by atoms with van der Waals surface area (Å²) in [5.41, 5.74) is 0. The number of rotatable bonds is 6. The van der Waals surface area contributed by atoms with Crippen molar-refractivity contribution >= 4 is 23.2 Å². The molecule has 2 amide bonds. The Morgan fingerprint density at radius 2 is 2.06 bits per heavy atom. The van der Waals surface area contributed by atoms with E-state index in [4.69, 9.17) is 0 Å². The van der Waals surface area contributed by atoms with Crippen molar-refractivity contribution in [1.82, 2.24) is 15.5 Å². The smallest absolute Gasteiger partial charge is 0.234 e. The highest BCUT2D eigenvalue weighted by Crippen LogP contribution is 2.17. The van der Waals surface area contributed by atoms with Gasteiger partial charge in [-0.3, -0.25) is 14.5 Å². The van der Waals surface area contributed by atoms with E-state index in [2.05, 4.69) is 10.6 Å². The van der Waals surface area contributed by atoms with Crippen LogP contribution in [0.25, 0.3) is 0 Å². The molecule has 0 aliphatic heterocycles. The Balaban J connectivity index is 2.35. The summed E-state index contributed by atoms with van der Waals surface area (Å²) in [6.45, 7) is 2.38. The van der Waals surface area contributed by atoms with Gasteiger partial charge in [0, 0.05) is 11.9 Å². The predicted molar refractivity (Wildman–Crippen MR) is 72.4 cm³/mol. The first-order valence-electron chi connectivity index (χ1n) is 5.74. The molecular formula is C12H19N3O2S. The molecule has 0 aliphatic carbocycles. The lowest BCUT2D eigenvalue weighted by atomic mass is 10.2. The molecule has 1 unspecified atom stereocenters. The van der Waals surface area contributed by atoms with Gasteiger partial charge in [0.1, 0.15) is 0 Å². The fourth-order valence-corrected chi connectivity index (χ4v) is 2.26. The minimum atomic E-state index is -0.100. The summed E-state index contributed by atoms with van der Waals surface area (Å²) in [5, 5.41) is 7.41. The van der Waals surface area contributed by atoms with Crippen molar-refractivity contribution in [2.24, 2.45) is 0 Å². The average Bonchev–Trinajstić information content (AvgIpc) is 2.81. The van der Waals surface area contributed by atoms with Crippen LogP contribution in [0.5, 0.6) is 0 Å². The van der Waals surface area contributed by atoms with E-state index in [1.807, 2.05) is 24.4 Å². The topological polar surface area (TPSA) is 61.4 Å². The molecule has 0 radical (unpaired) electrons. The van der Waals surface area contributed by atoms with Crippen LogP contribution in [-0.2, 0) is 9.59 Å².